The molecule has 13 heavy (non-hydrogen) atoms. The summed E-state index contributed by atoms with van der Waals surface area (Å²) in [6.07, 6.45) is 0. The molecule has 0 radical (unpaired) electrons. The Hall–Kier alpha value is -1.09. The van der Waals surface area contributed by atoms with Gasteiger partial charge in [0.25, 0.3) is 0 Å². The van der Waals surface area contributed by atoms with Crippen LogP contribution in [0.3, 0.4) is 0 Å². The van der Waals surface area contributed by atoms with E-state index in [1.165, 1.54) is 15.2 Å². The number of rotatable bonds is 1. The molecule has 68 valence electrons. The fourth-order valence-corrected chi connectivity index (χ4v) is 2.42. The molecule has 0 aliphatic carbocycles. The molecule has 0 atom stereocenters. The van der Waals surface area contributed by atoms with E-state index in [4.69, 9.17) is 4.74 Å². The van der Waals surface area contributed by atoms with Crippen LogP contribution >= 0.6 is 11.3 Å². The van der Waals surface area contributed by atoms with Gasteiger partial charge in [0.05, 0.1) is 7.11 Å². The van der Waals surface area contributed by atoms with Crippen molar-refractivity contribution in [1.82, 2.24) is 0 Å². The maximum absolute atomic E-state index is 5.17. The molecule has 1 heterocycles. The molecule has 0 spiro atoms. The number of hydrogen-bond donors (Lipinski definition) is 0. The summed E-state index contributed by atoms with van der Waals surface area (Å²) < 4.78 is 8.64. The molecule has 0 fully saturated rings. The molecule has 1 aromatic heterocycles. The summed E-state index contributed by atoms with van der Waals surface area (Å²) in [4.78, 5) is 0. The Morgan fingerprint density at radius 2 is 2.15 bits per heavy atom. The third-order valence-electron chi connectivity index (χ3n) is 2.26. The van der Waals surface area contributed by atoms with Gasteiger partial charge >= 0.3 is 0 Å². The van der Waals surface area contributed by atoms with Gasteiger partial charge in [-0.05, 0) is 6.07 Å². The van der Waals surface area contributed by atoms with Gasteiger partial charge < -0.3 is 4.74 Å². The summed E-state index contributed by atoms with van der Waals surface area (Å²) in [6, 6.07) is 6.17. The second-order valence-electron chi connectivity index (χ2n) is 3.01. The van der Waals surface area contributed by atoms with Gasteiger partial charge in [-0.2, -0.15) is 4.57 Å². The number of benzene rings is 1. The van der Waals surface area contributed by atoms with E-state index in [2.05, 4.69) is 30.7 Å². The zero-order valence-electron chi connectivity index (χ0n) is 8.00. The van der Waals surface area contributed by atoms with Gasteiger partial charge in [-0.1, -0.05) is 11.3 Å². The molecule has 0 saturated heterocycles. The Labute approximate surface area is 81.4 Å². The van der Waals surface area contributed by atoms with Crippen molar-refractivity contribution in [2.45, 2.75) is 6.92 Å². The first-order chi connectivity index (χ1) is 6.22. The second-order valence-corrected chi connectivity index (χ2v) is 4.25. The molecular weight excluding hydrogens is 182 g/mol. The van der Waals surface area contributed by atoms with Gasteiger partial charge in [0.1, 0.15) is 17.5 Å². The van der Waals surface area contributed by atoms with Gasteiger partial charge in [-0.3, -0.25) is 0 Å². The fourth-order valence-electron chi connectivity index (χ4n) is 1.38. The van der Waals surface area contributed by atoms with Crippen LogP contribution in [-0.2, 0) is 7.05 Å². The molecule has 1 aromatic carbocycles. The number of methoxy groups -OCH3 is 1. The van der Waals surface area contributed by atoms with Gasteiger partial charge in [0.15, 0.2) is 0 Å². The highest BCUT2D eigenvalue weighted by molar-refractivity contribution is 7.18. The van der Waals surface area contributed by atoms with Gasteiger partial charge in [0, 0.05) is 19.1 Å². The third-order valence-corrected chi connectivity index (χ3v) is 3.37. The van der Waals surface area contributed by atoms with Crippen LogP contribution in [-0.4, -0.2) is 7.11 Å². The van der Waals surface area contributed by atoms with Gasteiger partial charge in [-0.25, -0.2) is 0 Å². The lowest BCUT2D eigenvalue weighted by Crippen LogP contribution is -2.28. The molecule has 2 nitrogen and oxygen atoms in total. The van der Waals surface area contributed by atoms with Crippen LogP contribution in [0.1, 0.15) is 5.01 Å². The number of hydrogen-bond acceptors (Lipinski definition) is 2. The zero-order valence-corrected chi connectivity index (χ0v) is 8.81. The fraction of sp³-hybridized carbons (Fsp3) is 0.300. The third kappa shape index (κ3) is 1.29. The molecule has 0 amide bonds. The van der Waals surface area contributed by atoms with Crippen molar-refractivity contribution in [2.24, 2.45) is 7.05 Å². The molecule has 0 aliphatic heterocycles. The average Bonchev–Trinajstić information content (AvgIpc) is 2.42. The number of thiazole rings is 1. The number of ether oxygens (including phenoxy) is 1. The Morgan fingerprint density at radius 1 is 1.38 bits per heavy atom. The monoisotopic (exact) mass is 194 g/mol. The highest BCUT2D eigenvalue weighted by Crippen LogP contribution is 2.23. The minimum absolute atomic E-state index is 0.925. The largest absolute Gasteiger partial charge is 0.497 e. The first-order valence-electron chi connectivity index (χ1n) is 4.15. The standard InChI is InChI=1S/C10H12NOS/c1-7-11(2)9-5-4-8(12-3)6-10(9)13-7/h4-6H,1-3H3/q+1. The Morgan fingerprint density at radius 3 is 2.85 bits per heavy atom. The number of nitrogens with zero attached hydrogens (tertiary/aromatic N) is 1. The van der Waals surface area contributed by atoms with Crippen molar-refractivity contribution < 1.29 is 9.30 Å². The van der Waals surface area contributed by atoms with E-state index < -0.39 is 0 Å². The van der Waals surface area contributed by atoms with Crippen molar-refractivity contribution in [3.63, 3.8) is 0 Å². The van der Waals surface area contributed by atoms with Crippen molar-refractivity contribution in [1.29, 1.82) is 0 Å². The molecule has 0 saturated carbocycles. The van der Waals surface area contributed by atoms with Crippen LogP contribution in [0.4, 0.5) is 0 Å². The zero-order chi connectivity index (χ0) is 9.42. The predicted molar refractivity (Wildman–Crippen MR) is 54.3 cm³/mol. The minimum Gasteiger partial charge on any atom is -0.497 e. The van der Waals surface area contributed by atoms with E-state index >= 15 is 0 Å². The highest BCUT2D eigenvalue weighted by atomic mass is 32.1. The van der Waals surface area contributed by atoms with Crippen molar-refractivity contribution >= 4 is 21.6 Å². The normalized spacial score (nSPS) is 10.7. The summed E-state index contributed by atoms with van der Waals surface area (Å²) in [5.74, 6) is 0.925. The van der Waals surface area contributed by atoms with E-state index in [0.717, 1.165) is 5.75 Å². The maximum Gasteiger partial charge on any atom is 0.234 e. The Kier molecular flexibility index (Phi) is 1.96. The van der Waals surface area contributed by atoms with Crippen molar-refractivity contribution in [3.05, 3.63) is 23.2 Å². The second kappa shape index (κ2) is 3.00. The summed E-state index contributed by atoms with van der Waals surface area (Å²) in [5, 5.41) is 1.31. The van der Waals surface area contributed by atoms with Gasteiger partial charge in [0.2, 0.25) is 10.5 Å². The SMILES string of the molecule is COc1ccc2c(c1)sc(C)[n+]2C. The van der Waals surface area contributed by atoms with E-state index in [0.29, 0.717) is 0 Å². The quantitative estimate of drug-likeness (QED) is 0.633. The Bertz CT molecular complexity index is 447. The molecule has 2 rings (SSSR count). The summed E-state index contributed by atoms with van der Waals surface area (Å²) in [7, 11) is 3.78. The van der Waals surface area contributed by atoms with E-state index in [1.54, 1.807) is 18.4 Å². The first-order valence-corrected chi connectivity index (χ1v) is 4.97. The van der Waals surface area contributed by atoms with Crippen LogP contribution in [0, 0.1) is 6.92 Å². The van der Waals surface area contributed by atoms with Crippen LogP contribution in [0.15, 0.2) is 18.2 Å². The lowest BCUT2D eigenvalue weighted by atomic mass is 10.3. The number of aryl methyl sites for hydroxylation is 2. The minimum atomic E-state index is 0.925. The highest BCUT2D eigenvalue weighted by Gasteiger charge is 2.12. The Balaban J connectivity index is 2.73. The molecule has 2 aromatic rings. The molecule has 0 N–H and O–H groups in total. The molecular formula is C10H12NOS+. The molecule has 3 heteroatoms. The van der Waals surface area contributed by atoms with Crippen LogP contribution in [0.5, 0.6) is 5.75 Å². The lowest BCUT2D eigenvalue weighted by molar-refractivity contribution is -0.646. The lowest BCUT2D eigenvalue weighted by Gasteiger charge is -1.95. The maximum atomic E-state index is 5.17. The van der Waals surface area contributed by atoms with Gasteiger partial charge in [-0.15, -0.1) is 0 Å². The van der Waals surface area contributed by atoms with E-state index in [1.807, 2.05) is 6.07 Å². The van der Waals surface area contributed by atoms with Crippen LogP contribution in [0.25, 0.3) is 10.2 Å². The molecule has 0 unspecified atom stereocenters. The number of fused-ring (bicyclic) bond motifs is 1. The first kappa shape index (κ1) is 8.51. The summed E-state index contributed by atoms with van der Waals surface area (Å²) in [6.45, 7) is 2.12. The van der Waals surface area contributed by atoms with Crippen molar-refractivity contribution in [3.8, 4) is 5.75 Å². The van der Waals surface area contributed by atoms with E-state index in [9.17, 15) is 0 Å². The smallest absolute Gasteiger partial charge is 0.234 e. The van der Waals surface area contributed by atoms with Crippen LogP contribution in [0.2, 0.25) is 0 Å². The predicted octanol–water partition coefficient (Wildman–Crippen LogP) is 2.04. The summed E-state index contributed by atoms with van der Waals surface area (Å²) in [5.41, 5.74) is 1.27. The molecule has 0 bridgehead atoms. The molecule has 0 aliphatic rings. The topological polar surface area (TPSA) is 13.1 Å². The van der Waals surface area contributed by atoms with Crippen LogP contribution < -0.4 is 9.30 Å². The number of aromatic nitrogens is 1. The summed E-state index contributed by atoms with van der Waals surface area (Å²) >= 11 is 1.79. The average molecular weight is 194 g/mol. The van der Waals surface area contributed by atoms with E-state index in [-0.39, 0.29) is 0 Å². The van der Waals surface area contributed by atoms with Crippen molar-refractivity contribution in [2.75, 3.05) is 7.11 Å².